The molecule has 1 aliphatic heterocycles. The summed E-state index contributed by atoms with van der Waals surface area (Å²) in [4.78, 5) is 5.90. The Balaban J connectivity index is 1.12. The number of benzene rings is 1. The summed E-state index contributed by atoms with van der Waals surface area (Å²) in [6, 6.07) is 6.49. The zero-order valence-electron chi connectivity index (χ0n) is 37.0. The third-order valence-corrected chi connectivity index (χ3v) is 11.5. The highest BCUT2D eigenvalue weighted by Gasteiger charge is 2.17. The maximum atomic E-state index is 14.1. The predicted octanol–water partition coefficient (Wildman–Crippen LogP) is 9.51. The molecule has 1 unspecified atom stereocenters. The Morgan fingerprint density at radius 1 is 0.917 bits per heavy atom. The normalized spacial score (nSPS) is 15.5. The van der Waals surface area contributed by atoms with Crippen molar-refractivity contribution in [3.8, 4) is 0 Å². The fraction of sp³-hybridized carbons (Fsp3) is 0.373. The van der Waals surface area contributed by atoms with E-state index in [9.17, 15) is 4.39 Å². The van der Waals surface area contributed by atoms with E-state index in [4.69, 9.17) is 0 Å². The minimum atomic E-state index is -0.366. The molecule has 3 heterocycles. The van der Waals surface area contributed by atoms with Gasteiger partial charge in [-0.25, -0.2) is 4.39 Å². The number of rotatable bonds is 26. The number of hydrogen-bond acceptors (Lipinski definition) is 6. The molecule has 1 atom stereocenters. The van der Waals surface area contributed by atoms with Gasteiger partial charge in [0.15, 0.2) is 0 Å². The van der Waals surface area contributed by atoms with E-state index in [0.29, 0.717) is 11.3 Å². The van der Waals surface area contributed by atoms with Gasteiger partial charge in [-0.15, -0.1) is 6.58 Å². The molecule has 0 spiro atoms. The van der Waals surface area contributed by atoms with Crippen molar-refractivity contribution < 1.29 is 4.39 Å². The van der Waals surface area contributed by atoms with Gasteiger partial charge in [0.05, 0.1) is 6.04 Å². The van der Waals surface area contributed by atoms with Crippen LogP contribution in [-0.4, -0.2) is 60.8 Å². The van der Waals surface area contributed by atoms with E-state index in [2.05, 4.69) is 126 Å². The molecule has 6 N–H and O–H groups in total. The number of unbranched alkanes of at least 4 members (excludes halogenated alkanes) is 4. The topological polar surface area (TPSA) is 84.1 Å². The molecule has 8 nitrogen and oxygen atoms in total. The van der Waals surface area contributed by atoms with Gasteiger partial charge >= 0.3 is 0 Å². The molecule has 0 saturated carbocycles. The maximum absolute atomic E-state index is 14.1. The molecule has 2 aromatic heterocycles. The number of halogens is 1. The number of H-pyrrole nitrogens is 1. The van der Waals surface area contributed by atoms with Crippen LogP contribution in [0.2, 0.25) is 0 Å². The summed E-state index contributed by atoms with van der Waals surface area (Å²) in [6.45, 7) is 45.6. The Morgan fingerprint density at radius 3 is 2.35 bits per heavy atom. The maximum Gasteiger partial charge on any atom is 0.125 e. The van der Waals surface area contributed by atoms with Crippen LogP contribution in [-0.2, 0) is 0 Å². The van der Waals surface area contributed by atoms with Crippen LogP contribution in [0.25, 0.3) is 35.7 Å². The number of anilines is 1. The zero-order valence-corrected chi connectivity index (χ0v) is 37.0. The molecule has 9 heteroatoms. The molecule has 0 fully saturated rings. The fourth-order valence-corrected chi connectivity index (χ4v) is 7.92. The van der Waals surface area contributed by atoms with Gasteiger partial charge in [-0.1, -0.05) is 90.4 Å². The van der Waals surface area contributed by atoms with Crippen molar-refractivity contribution in [3.63, 3.8) is 0 Å². The Morgan fingerprint density at radius 2 is 1.63 bits per heavy atom. The molecular formula is C51H71FN8. The second-order valence-corrected chi connectivity index (χ2v) is 15.7. The van der Waals surface area contributed by atoms with Crippen molar-refractivity contribution in [1.29, 1.82) is 0 Å². The lowest BCUT2D eigenvalue weighted by atomic mass is 10.00. The van der Waals surface area contributed by atoms with Gasteiger partial charge in [0.1, 0.15) is 5.83 Å². The first-order valence-corrected chi connectivity index (χ1v) is 21.5. The van der Waals surface area contributed by atoms with Gasteiger partial charge < -0.3 is 41.0 Å². The minimum Gasteiger partial charge on any atom is -0.392 e. The van der Waals surface area contributed by atoms with Crippen LogP contribution in [0.15, 0.2) is 116 Å². The van der Waals surface area contributed by atoms with Gasteiger partial charge in [0.2, 0.25) is 0 Å². The van der Waals surface area contributed by atoms with E-state index in [0.717, 1.165) is 144 Å². The highest BCUT2D eigenvalue weighted by molar-refractivity contribution is 5.94. The second kappa shape index (κ2) is 23.2. The number of likely N-dealkylation sites (N-methyl/N-ethyl adjacent to an activating group) is 1. The van der Waals surface area contributed by atoms with Crippen LogP contribution < -0.4 is 37.3 Å². The SMILES string of the molecule is C=CC(CCC(=C)NC)n1c(=C)c2cccc(NCCCCCCCC(=C)NCCN(CC)CCNC(=C)c3c(C)[nH]c(/C=C4/C(=C)/C=C(F)\C=C/NC4=C)c3C)c2c1=C. The summed E-state index contributed by atoms with van der Waals surface area (Å²) in [5.41, 5.74) is 10.1. The summed E-state index contributed by atoms with van der Waals surface area (Å²) in [6.07, 6.45) is 16.9. The number of allylic oxidation sites excluding steroid dienone is 7. The van der Waals surface area contributed by atoms with Gasteiger partial charge in [0, 0.05) is 118 Å². The molecule has 1 aliphatic rings. The van der Waals surface area contributed by atoms with Gasteiger partial charge in [-0.2, -0.15) is 0 Å². The molecule has 0 saturated heterocycles. The first-order valence-electron chi connectivity index (χ1n) is 21.5. The zero-order chi connectivity index (χ0) is 43.8. The molecular weight excluding hydrogens is 744 g/mol. The van der Waals surface area contributed by atoms with Crippen LogP contribution in [0.4, 0.5) is 10.1 Å². The average molecular weight is 815 g/mol. The lowest BCUT2D eigenvalue weighted by molar-refractivity contribution is 0.293. The van der Waals surface area contributed by atoms with E-state index in [-0.39, 0.29) is 11.9 Å². The smallest absolute Gasteiger partial charge is 0.125 e. The van der Waals surface area contributed by atoms with Gasteiger partial charge in [0.25, 0.3) is 0 Å². The van der Waals surface area contributed by atoms with Crippen molar-refractivity contribution in [2.45, 2.75) is 78.2 Å². The lowest BCUT2D eigenvalue weighted by Gasteiger charge is -2.22. The second-order valence-electron chi connectivity index (χ2n) is 15.7. The van der Waals surface area contributed by atoms with E-state index >= 15 is 0 Å². The largest absolute Gasteiger partial charge is 0.392 e. The van der Waals surface area contributed by atoms with Crippen molar-refractivity contribution in [3.05, 3.63) is 149 Å². The molecule has 1 aromatic carbocycles. The summed E-state index contributed by atoms with van der Waals surface area (Å²) >= 11 is 0. The first-order chi connectivity index (χ1) is 28.8. The average Bonchev–Trinajstić information content (AvgIpc) is 3.65. The van der Waals surface area contributed by atoms with E-state index in [1.54, 1.807) is 6.20 Å². The molecule has 0 aliphatic carbocycles. The molecule has 0 bridgehead atoms. The molecule has 0 radical (unpaired) electrons. The van der Waals surface area contributed by atoms with Crippen LogP contribution in [0, 0.1) is 13.8 Å². The Hall–Kier alpha value is -5.67. The number of aromatic amines is 1. The van der Waals surface area contributed by atoms with Crippen molar-refractivity contribution >= 4 is 41.4 Å². The third kappa shape index (κ3) is 12.7. The third-order valence-electron chi connectivity index (χ3n) is 11.5. The van der Waals surface area contributed by atoms with Crippen LogP contribution in [0.1, 0.15) is 86.8 Å². The molecule has 4 rings (SSSR count). The highest BCUT2D eigenvalue weighted by atomic mass is 19.1. The fourth-order valence-electron chi connectivity index (χ4n) is 7.92. The van der Waals surface area contributed by atoms with Crippen molar-refractivity contribution in [2.75, 3.05) is 51.6 Å². The van der Waals surface area contributed by atoms with Crippen molar-refractivity contribution in [2.24, 2.45) is 0 Å². The van der Waals surface area contributed by atoms with Gasteiger partial charge in [-0.3, -0.25) is 0 Å². The summed E-state index contributed by atoms with van der Waals surface area (Å²) in [5, 5.41) is 21.2. The Labute approximate surface area is 359 Å². The number of nitrogens with zero attached hydrogens (tertiary/aromatic N) is 2. The predicted molar refractivity (Wildman–Crippen MR) is 259 cm³/mol. The van der Waals surface area contributed by atoms with E-state index in [1.807, 2.05) is 26.1 Å². The molecule has 322 valence electrons. The number of nitrogens with one attached hydrogen (secondary N) is 6. The lowest BCUT2D eigenvalue weighted by Crippen LogP contribution is -2.36. The van der Waals surface area contributed by atoms with Gasteiger partial charge in [-0.05, 0) is 87.9 Å². The summed E-state index contributed by atoms with van der Waals surface area (Å²) in [7, 11) is 1.91. The van der Waals surface area contributed by atoms with Crippen molar-refractivity contribution in [1.82, 2.24) is 35.7 Å². The molecule has 0 amide bonds. The highest BCUT2D eigenvalue weighted by Crippen LogP contribution is 2.29. The number of fused-ring (bicyclic) bond motifs is 1. The minimum absolute atomic E-state index is 0.105. The number of hydrogen-bond donors (Lipinski definition) is 6. The quantitative estimate of drug-likeness (QED) is 0.0358. The van der Waals surface area contributed by atoms with Crippen LogP contribution in [0.3, 0.4) is 0 Å². The number of aromatic nitrogens is 2. The Kier molecular flexibility index (Phi) is 18.2. The van der Waals surface area contributed by atoms with E-state index < -0.39 is 0 Å². The van der Waals surface area contributed by atoms with Crippen LogP contribution >= 0.6 is 0 Å². The summed E-state index contributed by atoms with van der Waals surface area (Å²) < 4.78 is 16.3. The van der Waals surface area contributed by atoms with E-state index in [1.165, 1.54) is 31.4 Å². The Bertz CT molecular complexity index is 2230. The standard InChI is InChI=1S/C51H71FN8/c1-13-45(25-24-36(4)53-12)60-42(10)46-22-20-23-48(51(46)43(60)11)57-27-19-17-15-16-18-21-37(5)54-29-31-59(14-2)32-30-56-40(8)50-38(6)49(58-41(50)9)34-47-35(3)33-44(52)26-28-55-39(47)7/h13,20,22-23,26,28,33-34,45,53-58H,1,3-5,7-8,10-11,14-19,21,24-25,27,29-32H2,2,6,9,12H3/b28-26-,44-33+,47-34-. The van der Waals surface area contributed by atoms with Crippen LogP contribution in [0.5, 0.6) is 0 Å². The number of aryl methyl sites for hydroxylation is 1. The molecule has 3 aromatic rings. The monoisotopic (exact) mass is 815 g/mol. The first kappa shape index (κ1) is 47.0. The molecule has 60 heavy (non-hydrogen) atoms. The summed E-state index contributed by atoms with van der Waals surface area (Å²) in [5.74, 6) is -0.366.